The zero-order chi connectivity index (χ0) is 15.9. The van der Waals surface area contributed by atoms with E-state index < -0.39 is 16.0 Å². The average molecular weight is 317 g/mol. The number of hydrogen-bond donors (Lipinski definition) is 2. The number of methoxy groups -OCH3 is 2. The van der Waals surface area contributed by atoms with E-state index in [4.69, 9.17) is 14.6 Å². The van der Waals surface area contributed by atoms with Crippen LogP contribution in [0, 0.1) is 0 Å². The van der Waals surface area contributed by atoms with Crippen molar-refractivity contribution in [2.24, 2.45) is 0 Å². The summed E-state index contributed by atoms with van der Waals surface area (Å²) in [6.07, 6.45) is 0.123. The second-order valence-electron chi connectivity index (χ2n) is 4.31. The highest BCUT2D eigenvalue weighted by molar-refractivity contribution is 7.89. The summed E-state index contributed by atoms with van der Waals surface area (Å²) in [5.74, 6) is -0.741. The van der Waals surface area contributed by atoms with Crippen LogP contribution in [0.5, 0.6) is 5.75 Å². The number of rotatable bonds is 9. The van der Waals surface area contributed by atoms with E-state index >= 15 is 0 Å². The lowest BCUT2D eigenvalue weighted by molar-refractivity contribution is -0.137. The predicted octanol–water partition coefficient (Wildman–Crippen LogP) is 0.985. The van der Waals surface area contributed by atoms with Crippen LogP contribution in [0.1, 0.15) is 18.4 Å². The third-order valence-electron chi connectivity index (χ3n) is 2.69. The predicted molar refractivity (Wildman–Crippen MR) is 75.8 cm³/mol. The van der Waals surface area contributed by atoms with E-state index in [0.717, 1.165) is 0 Å². The molecule has 8 heteroatoms. The van der Waals surface area contributed by atoms with E-state index in [0.29, 0.717) is 5.56 Å². The highest BCUT2D eigenvalue weighted by Gasteiger charge is 2.19. The van der Waals surface area contributed by atoms with Gasteiger partial charge in [0.2, 0.25) is 10.0 Å². The van der Waals surface area contributed by atoms with Crippen molar-refractivity contribution in [2.75, 3.05) is 20.8 Å². The van der Waals surface area contributed by atoms with Gasteiger partial charge in [0.15, 0.2) is 0 Å². The molecule has 0 aromatic heterocycles. The Morgan fingerprint density at radius 2 is 2.05 bits per heavy atom. The molecule has 7 nitrogen and oxygen atoms in total. The number of hydrogen-bond acceptors (Lipinski definition) is 5. The molecule has 0 fully saturated rings. The van der Waals surface area contributed by atoms with Crippen LogP contribution in [-0.4, -0.2) is 40.3 Å². The molecule has 0 aliphatic rings. The Morgan fingerprint density at radius 1 is 1.33 bits per heavy atom. The standard InChI is InChI=1S/C13H19NO6S/c1-19-9-10-5-6-11(20-2)12(8-10)21(17,18)14-7-3-4-13(15)16/h5-6,8,14H,3-4,7,9H2,1-2H3,(H,15,16). The lowest BCUT2D eigenvalue weighted by Crippen LogP contribution is -2.25. The van der Waals surface area contributed by atoms with Gasteiger partial charge in [-0.1, -0.05) is 6.07 Å². The minimum absolute atomic E-state index is 0.00914. The maximum absolute atomic E-state index is 12.2. The molecule has 0 aliphatic carbocycles. The van der Waals surface area contributed by atoms with Crippen LogP contribution >= 0.6 is 0 Å². The Bertz CT molecular complexity index is 584. The molecule has 1 aromatic rings. The largest absolute Gasteiger partial charge is 0.495 e. The minimum Gasteiger partial charge on any atom is -0.495 e. The topological polar surface area (TPSA) is 102 Å². The molecule has 0 unspecified atom stereocenters. The normalized spacial score (nSPS) is 11.3. The van der Waals surface area contributed by atoms with Crippen LogP contribution < -0.4 is 9.46 Å². The molecule has 118 valence electrons. The molecule has 0 saturated heterocycles. The zero-order valence-corrected chi connectivity index (χ0v) is 12.8. The Hall–Kier alpha value is -1.64. The van der Waals surface area contributed by atoms with E-state index in [1.165, 1.54) is 20.3 Å². The first-order valence-corrected chi connectivity index (χ1v) is 7.76. The monoisotopic (exact) mass is 317 g/mol. The Labute approximate surface area is 123 Å². The number of carbonyl (C=O) groups is 1. The molecule has 0 bridgehead atoms. The molecule has 0 radical (unpaired) electrons. The molecule has 21 heavy (non-hydrogen) atoms. The highest BCUT2D eigenvalue weighted by atomic mass is 32.2. The van der Waals surface area contributed by atoms with Crippen LogP contribution in [0.25, 0.3) is 0 Å². The van der Waals surface area contributed by atoms with E-state index in [2.05, 4.69) is 4.72 Å². The number of aliphatic carboxylic acids is 1. The van der Waals surface area contributed by atoms with Crippen LogP contribution in [-0.2, 0) is 26.2 Å². The number of benzene rings is 1. The summed E-state index contributed by atoms with van der Waals surface area (Å²) >= 11 is 0. The van der Waals surface area contributed by atoms with Gasteiger partial charge in [0.25, 0.3) is 0 Å². The first-order valence-electron chi connectivity index (χ1n) is 6.28. The van der Waals surface area contributed by atoms with Crippen LogP contribution in [0.2, 0.25) is 0 Å². The number of ether oxygens (including phenoxy) is 2. The molecular formula is C13H19NO6S. The molecule has 0 atom stereocenters. The second-order valence-corrected chi connectivity index (χ2v) is 6.05. The van der Waals surface area contributed by atoms with Gasteiger partial charge in [-0.25, -0.2) is 13.1 Å². The summed E-state index contributed by atoms with van der Waals surface area (Å²) in [5.41, 5.74) is 0.698. The summed E-state index contributed by atoms with van der Waals surface area (Å²) in [6, 6.07) is 4.74. The van der Waals surface area contributed by atoms with Crippen molar-refractivity contribution < 1.29 is 27.8 Å². The summed E-state index contributed by atoms with van der Waals surface area (Å²) in [4.78, 5) is 10.4. The van der Waals surface area contributed by atoms with Crippen LogP contribution in [0.3, 0.4) is 0 Å². The Morgan fingerprint density at radius 3 is 2.62 bits per heavy atom. The summed E-state index contributed by atoms with van der Waals surface area (Å²) in [6.45, 7) is 0.331. The quantitative estimate of drug-likeness (QED) is 0.658. The molecule has 2 N–H and O–H groups in total. The van der Waals surface area contributed by atoms with Gasteiger partial charge in [-0.2, -0.15) is 0 Å². The third-order valence-corrected chi connectivity index (χ3v) is 4.17. The Balaban J connectivity index is 2.89. The van der Waals surface area contributed by atoms with Crippen molar-refractivity contribution >= 4 is 16.0 Å². The van der Waals surface area contributed by atoms with Gasteiger partial charge in [-0.05, 0) is 24.1 Å². The Kier molecular flexibility index (Phi) is 6.60. The summed E-state index contributed by atoms with van der Waals surface area (Å²) in [5, 5.41) is 8.53. The molecule has 1 aromatic carbocycles. The van der Waals surface area contributed by atoms with Crippen molar-refractivity contribution in [1.82, 2.24) is 4.72 Å². The van der Waals surface area contributed by atoms with Crippen molar-refractivity contribution in [3.63, 3.8) is 0 Å². The van der Waals surface area contributed by atoms with Crippen molar-refractivity contribution in [2.45, 2.75) is 24.3 Å². The molecule has 0 heterocycles. The number of carboxylic acid groups (broad SMARTS) is 1. The van der Waals surface area contributed by atoms with Gasteiger partial charge in [0.05, 0.1) is 13.7 Å². The van der Waals surface area contributed by atoms with Crippen molar-refractivity contribution in [1.29, 1.82) is 0 Å². The first-order chi connectivity index (χ1) is 9.90. The third kappa shape index (κ3) is 5.33. The van der Waals surface area contributed by atoms with Gasteiger partial charge in [0, 0.05) is 20.1 Å². The van der Waals surface area contributed by atoms with Crippen molar-refractivity contribution in [3.8, 4) is 5.75 Å². The van der Waals surface area contributed by atoms with E-state index in [-0.39, 0.29) is 36.6 Å². The summed E-state index contributed by atoms with van der Waals surface area (Å²) < 4.78 is 36.9. The molecule has 0 aliphatic heterocycles. The summed E-state index contributed by atoms with van der Waals surface area (Å²) in [7, 11) is -0.865. The molecule has 0 amide bonds. The second kappa shape index (κ2) is 7.96. The smallest absolute Gasteiger partial charge is 0.303 e. The maximum Gasteiger partial charge on any atom is 0.303 e. The average Bonchev–Trinajstić information content (AvgIpc) is 2.44. The van der Waals surface area contributed by atoms with Crippen LogP contribution in [0.4, 0.5) is 0 Å². The van der Waals surface area contributed by atoms with Gasteiger partial charge in [-0.15, -0.1) is 0 Å². The van der Waals surface area contributed by atoms with Crippen LogP contribution in [0.15, 0.2) is 23.1 Å². The van der Waals surface area contributed by atoms with Gasteiger partial charge >= 0.3 is 5.97 Å². The van der Waals surface area contributed by atoms with Gasteiger partial charge in [-0.3, -0.25) is 4.79 Å². The SMILES string of the molecule is COCc1ccc(OC)c(S(=O)(=O)NCCCC(=O)O)c1. The van der Waals surface area contributed by atoms with E-state index in [9.17, 15) is 13.2 Å². The zero-order valence-electron chi connectivity index (χ0n) is 12.0. The molecule has 1 rings (SSSR count). The fraction of sp³-hybridized carbons (Fsp3) is 0.462. The number of sulfonamides is 1. The fourth-order valence-corrected chi connectivity index (χ4v) is 3.00. The molecule has 0 spiro atoms. The van der Waals surface area contributed by atoms with Gasteiger partial charge < -0.3 is 14.6 Å². The van der Waals surface area contributed by atoms with E-state index in [1.807, 2.05) is 0 Å². The first kappa shape index (κ1) is 17.4. The number of carboxylic acids is 1. The highest BCUT2D eigenvalue weighted by Crippen LogP contribution is 2.25. The van der Waals surface area contributed by atoms with Crippen molar-refractivity contribution in [3.05, 3.63) is 23.8 Å². The fourth-order valence-electron chi connectivity index (χ4n) is 1.71. The lowest BCUT2D eigenvalue weighted by Gasteiger charge is -2.12. The molecular weight excluding hydrogens is 298 g/mol. The lowest BCUT2D eigenvalue weighted by atomic mass is 10.2. The molecule has 0 saturated carbocycles. The van der Waals surface area contributed by atoms with Gasteiger partial charge in [0.1, 0.15) is 10.6 Å². The maximum atomic E-state index is 12.2. The number of nitrogens with one attached hydrogen (secondary N) is 1. The minimum atomic E-state index is -3.77. The van der Waals surface area contributed by atoms with E-state index in [1.54, 1.807) is 12.1 Å².